The van der Waals surface area contributed by atoms with E-state index in [2.05, 4.69) is 4.18 Å². The highest BCUT2D eigenvalue weighted by atomic mass is 32.3. The van der Waals surface area contributed by atoms with Gasteiger partial charge < -0.3 is 13.8 Å². The summed E-state index contributed by atoms with van der Waals surface area (Å²) in [4.78, 5) is 11.6. The summed E-state index contributed by atoms with van der Waals surface area (Å²) in [6.45, 7) is -0.0947. The Labute approximate surface area is 98.7 Å². The highest BCUT2D eigenvalue weighted by Gasteiger charge is 2.35. The van der Waals surface area contributed by atoms with E-state index in [1.165, 1.54) is 18.2 Å². The predicted octanol–water partition coefficient (Wildman–Crippen LogP) is 2.05. The van der Waals surface area contributed by atoms with Crippen molar-refractivity contribution in [3.05, 3.63) is 35.6 Å². The quantitative estimate of drug-likeness (QED) is 0.798. The molecule has 1 aliphatic rings. The monoisotopic (exact) mass is 262 g/mol. The molecular formula is C10H11FO5S. The van der Waals surface area contributed by atoms with Gasteiger partial charge in [-0.15, -0.1) is 0 Å². The predicted molar refractivity (Wildman–Crippen MR) is 59.3 cm³/mol. The van der Waals surface area contributed by atoms with Crippen LogP contribution in [0.2, 0.25) is 0 Å². The summed E-state index contributed by atoms with van der Waals surface area (Å²) >= 11 is 0. The number of carbonyl (C=O) groups is 1. The van der Waals surface area contributed by atoms with Crippen LogP contribution < -0.4 is 0 Å². The Kier molecular flexibility index (Phi) is 3.34. The lowest BCUT2D eigenvalue weighted by Gasteiger charge is -2.17. The number of rotatable bonds is 2. The standard InChI is InChI=1S/C10H11FO5S/c11-9-4-2-1-3-8(9)10(12)16-7-5-15-17(13,14)6-7/h1-4,7,13-14H,5-6H2. The van der Waals surface area contributed by atoms with Crippen molar-refractivity contribution in [1.82, 2.24) is 0 Å². The maximum absolute atomic E-state index is 13.2. The molecule has 1 aromatic carbocycles. The van der Waals surface area contributed by atoms with Gasteiger partial charge in [-0.3, -0.25) is 4.18 Å². The molecule has 1 heterocycles. The Morgan fingerprint density at radius 1 is 1.47 bits per heavy atom. The smallest absolute Gasteiger partial charge is 0.341 e. The van der Waals surface area contributed by atoms with E-state index in [1.54, 1.807) is 0 Å². The summed E-state index contributed by atoms with van der Waals surface area (Å²) in [7, 11) is -3.10. The molecule has 0 aliphatic carbocycles. The van der Waals surface area contributed by atoms with E-state index in [9.17, 15) is 9.18 Å². The molecule has 2 N–H and O–H groups in total. The number of halogens is 1. The summed E-state index contributed by atoms with van der Waals surface area (Å²) in [5.41, 5.74) is -0.184. The van der Waals surface area contributed by atoms with Crippen LogP contribution in [0.4, 0.5) is 4.39 Å². The highest BCUT2D eigenvalue weighted by Crippen LogP contribution is 2.46. The third-order valence-electron chi connectivity index (χ3n) is 2.21. The first-order chi connectivity index (χ1) is 7.98. The van der Waals surface area contributed by atoms with Gasteiger partial charge in [0.1, 0.15) is 18.5 Å². The largest absolute Gasteiger partial charge is 0.455 e. The van der Waals surface area contributed by atoms with E-state index >= 15 is 0 Å². The van der Waals surface area contributed by atoms with Gasteiger partial charge in [-0.1, -0.05) is 12.1 Å². The zero-order chi connectivity index (χ0) is 12.5. The number of hydrogen-bond donors (Lipinski definition) is 2. The first-order valence-corrected chi connectivity index (χ1v) is 6.48. The van der Waals surface area contributed by atoms with Gasteiger partial charge >= 0.3 is 5.97 Å². The summed E-state index contributed by atoms with van der Waals surface area (Å²) in [5, 5.41) is 0. The number of hydrogen-bond acceptors (Lipinski definition) is 5. The van der Waals surface area contributed by atoms with Crippen molar-refractivity contribution in [2.45, 2.75) is 6.10 Å². The first-order valence-electron chi connectivity index (χ1n) is 4.84. The molecule has 0 spiro atoms. The van der Waals surface area contributed by atoms with Gasteiger partial charge in [0, 0.05) is 0 Å². The zero-order valence-electron chi connectivity index (χ0n) is 8.71. The fourth-order valence-corrected chi connectivity index (χ4v) is 2.55. The van der Waals surface area contributed by atoms with Gasteiger partial charge in [-0.2, -0.15) is 0 Å². The number of benzene rings is 1. The number of esters is 1. The van der Waals surface area contributed by atoms with Gasteiger partial charge in [0.05, 0.1) is 22.2 Å². The van der Waals surface area contributed by atoms with Gasteiger partial charge in [0.15, 0.2) is 0 Å². The van der Waals surface area contributed by atoms with E-state index in [0.717, 1.165) is 6.07 Å². The Morgan fingerprint density at radius 2 is 2.18 bits per heavy atom. The number of carbonyl (C=O) groups excluding carboxylic acids is 1. The molecule has 0 amide bonds. The molecule has 0 aromatic heterocycles. The van der Waals surface area contributed by atoms with Crippen molar-refractivity contribution in [1.29, 1.82) is 0 Å². The van der Waals surface area contributed by atoms with Crippen LogP contribution in [0, 0.1) is 5.82 Å². The second-order valence-corrected chi connectivity index (χ2v) is 5.35. The molecule has 94 valence electrons. The summed E-state index contributed by atoms with van der Waals surface area (Å²) in [6.07, 6.45) is -0.757. The lowest BCUT2D eigenvalue weighted by atomic mass is 10.2. The third-order valence-corrected chi connectivity index (χ3v) is 3.53. The van der Waals surface area contributed by atoms with Gasteiger partial charge in [-0.25, -0.2) is 9.18 Å². The van der Waals surface area contributed by atoms with E-state index in [-0.39, 0.29) is 17.9 Å². The molecular weight excluding hydrogens is 251 g/mol. The first kappa shape index (κ1) is 12.3. The molecule has 5 nitrogen and oxygen atoms in total. The van der Waals surface area contributed by atoms with E-state index in [1.807, 2.05) is 0 Å². The lowest BCUT2D eigenvalue weighted by molar-refractivity contribution is 0.0296. The van der Waals surface area contributed by atoms with Gasteiger partial charge in [0.2, 0.25) is 0 Å². The minimum absolute atomic E-state index is 0.0947. The molecule has 7 heteroatoms. The molecule has 1 aliphatic heterocycles. The lowest BCUT2D eigenvalue weighted by Crippen LogP contribution is -2.22. The Bertz CT molecular complexity index is 436. The van der Waals surface area contributed by atoms with Crippen molar-refractivity contribution in [3.8, 4) is 0 Å². The molecule has 1 saturated heterocycles. The maximum atomic E-state index is 13.2. The zero-order valence-corrected chi connectivity index (χ0v) is 9.52. The normalized spacial score (nSPS) is 24.3. The van der Waals surface area contributed by atoms with E-state index in [4.69, 9.17) is 13.8 Å². The Morgan fingerprint density at radius 3 is 2.76 bits per heavy atom. The van der Waals surface area contributed by atoms with Crippen LogP contribution in [0.15, 0.2) is 24.3 Å². The SMILES string of the molecule is O=C(OC1COS(O)(O)C1)c1ccccc1F. The van der Waals surface area contributed by atoms with Crippen LogP contribution in [-0.2, 0) is 8.92 Å². The number of ether oxygens (including phenoxy) is 1. The molecule has 0 saturated carbocycles. The second kappa shape index (κ2) is 4.61. The maximum Gasteiger partial charge on any atom is 0.341 e. The third kappa shape index (κ3) is 2.95. The fraction of sp³-hybridized carbons (Fsp3) is 0.300. The molecule has 1 aromatic rings. The van der Waals surface area contributed by atoms with E-state index < -0.39 is 28.8 Å². The summed E-state index contributed by atoms with van der Waals surface area (Å²) in [6, 6.07) is 5.42. The van der Waals surface area contributed by atoms with Crippen molar-refractivity contribution in [2.24, 2.45) is 0 Å². The van der Waals surface area contributed by atoms with Crippen LogP contribution in [0.3, 0.4) is 0 Å². The molecule has 17 heavy (non-hydrogen) atoms. The summed E-state index contributed by atoms with van der Waals surface area (Å²) < 4.78 is 41.1. The minimum Gasteiger partial charge on any atom is -0.455 e. The average Bonchev–Trinajstić information content (AvgIpc) is 2.58. The fourth-order valence-electron chi connectivity index (χ4n) is 1.43. The van der Waals surface area contributed by atoms with Crippen LogP contribution >= 0.6 is 10.9 Å². The van der Waals surface area contributed by atoms with E-state index in [0.29, 0.717) is 0 Å². The highest BCUT2D eigenvalue weighted by molar-refractivity contribution is 8.20. The van der Waals surface area contributed by atoms with Crippen LogP contribution in [0.1, 0.15) is 10.4 Å². The molecule has 0 bridgehead atoms. The summed E-state index contributed by atoms with van der Waals surface area (Å²) in [5.74, 6) is -1.69. The van der Waals surface area contributed by atoms with Crippen molar-refractivity contribution in [2.75, 3.05) is 12.4 Å². The van der Waals surface area contributed by atoms with Crippen LogP contribution in [0.25, 0.3) is 0 Å². The minimum atomic E-state index is -3.10. The Hall–Kier alpha value is -1.15. The van der Waals surface area contributed by atoms with Crippen molar-refractivity contribution < 1.29 is 27.2 Å². The molecule has 2 rings (SSSR count). The van der Waals surface area contributed by atoms with Crippen molar-refractivity contribution >= 4 is 16.8 Å². The Balaban J connectivity index is 2.01. The second-order valence-electron chi connectivity index (χ2n) is 3.57. The van der Waals surface area contributed by atoms with Crippen LogP contribution in [-0.4, -0.2) is 33.5 Å². The average molecular weight is 262 g/mol. The molecule has 1 fully saturated rings. The van der Waals surface area contributed by atoms with Crippen LogP contribution in [0.5, 0.6) is 0 Å². The van der Waals surface area contributed by atoms with Gasteiger partial charge in [0.25, 0.3) is 0 Å². The topological polar surface area (TPSA) is 76.0 Å². The molecule has 1 unspecified atom stereocenters. The van der Waals surface area contributed by atoms with Gasteiger partial charge in [-0.05, 0) is 12.1 Å². The molecule has 1 atom stereocenters. The molecule has 0 radical (unpaired) electrons. The van der Waals surface area contributed by atoms with Crippen molar-refractivity contribution in [3.63, 3.8) is 0 Å².